The zero-order valence-corrected chi connectivity index (χ0v) is 14.9. The third-order valence-corrected chi connectivity index (χ3v) is 4.21. The number of carbonyl (C=O) groups excluding carboxylic acids is 1. The molecule has 0 fully saturated rings. The number of benzene rings is 2. The maximum absolute atomic E-state index is 13.7. The van der Waals surface area contributed by atoms with Crippen LogP contribution in [0.15, 0.2) is 36.4 Å². The van der Waals surface area contributed by atoms with E-state index < -0.39 is 29.4 Å². The number of carbonyl (C=O) groups is 1. The van der Waals surface area contributed by atoms with E-state index in [1.807, 2.05) is 36.5 Å². The van der Waals surface area contributed by atoms with E-state index >= 15 is 0 Å². The Bertz CT molecular complexity index is 766. The molecule has 0 aliphatic carbocycles. The monoisotopic (exact) mass is 367 g/mol. The molecule has 0 spiro atoms. The predicted octanol–water partition coefficient (Wildman–Crippen LogP) is 3.15. The van der Waals surface area contributed by atoms with Crippen molar-refractivity contribution in [3.63, 3.8) is 0 Å². The average Bonchev–Trinajstić information content (AvgIpc) is 2.66. The fourth-order valence-electron chi connectivity index (χ4n) is 2.64. The number of amides is 1. The van der Waals surface area contributed by atoms with Gasteiger partial charge < -0.3 is 15.4 Å². The van der Waals surface area contributed by atoms with Gasteiger partial charge in [0.05, 0.1) is 12.8 Å². The van der Waals surface area contributed by atoms with Crippen LogP contribution in [0, 0.1) is 17.5 Å². The fourth-order valence-corrected chi connectivity index (χ4v) is 2.64. The molecule has 0 aliphatic heterocycles. The van der Waals surface area contributed by atoms with Crippen molar-refractivity contribution in [2.75, 3.05) is 12.4 Å². The third-order valence-electron chi connectivity index (χ3n) is 4.21. The van der Waals surface area contributed by atoms with E-state index in [9.17, 15) is 18.0 Å². The first-order chi connectivity index (χ1) is 12.4. The first-order valence-electron chi connectivity index (χ1n) is 8.30. The minimum absolute atomic E-state index is 0.0106. The van der Waals surface area contributed by atoms with E-state index in [0.717, 1.165) is 29.9 Å². The van der Waals surface area contributed by atoms with Crippen molar-refractivity contribution < 1.29 is 28.0 Å². The van der Waals surface area contributed by atoms with Crippen molar-refractivity contribution >= 4 is 11.6 Å². The van der Waals surface area contributed by atoms with E-state index in [4.69, 9.17) is 4.74 Å². The summed E-state index contributed by atoms with van der Waals surface area (Å²) in [7, 11) is 1.59. The van der Waals surface area contributed by atoms with Gasteiger partial charge in [0.15, 0.2) is 23.5 Å². The molecule has 0 heterocycles. The number of hydrogen-bond donors (Lipinski definition) is 2. The molecule has 26 heavy (non-hydrogen) atoms. The van der Waals surface area contributed by atoms with Crippen LogP contribution in [0.4, 0.5) is 18.9 Å². The Morgan fingerprint density at radius 3 is 2.35 bits per heavy atom. The van der Waals surface area contributed by atoms with Crippen molar-refractivity contribution in [1.82, 2.24) is 0 Å². The molecular formula is C19H22F3N2O2+. The van der Waals surface area contributed by atoms with E-state index in [1.54, 1.807) is 14.0 Å². The minimum Gasteiger partial charge on any atom is -0.497 e. The predicted molar refractivity (Wildman–Crippen MR) is 92.4 cm³/mol. The molecule has 0 radical (unpaired) electrons. The summed E-state index contributed by atoms with van der Waals surface area (Å²) in [6.07, 6.45) is 0.767. The quantitative estimate of drug-likeness (QED) is 0.739. The zero-order valence-electron chi connectivity index (χ0n) is 14.9. The van der Waals surface area contributed by atoms with Gasteiger partial charge in [0.25, 0.3) is 5.91 Å². The molecule has 2 aromatic carbocycles. The van der Waals surface area contributed by atoms with Gasteiger partial charge in [0.2, 0.25) is 0 Å². The Kier molecular flexibility index (Phi) is 6.63. The number of quaternary nitrogens is 1. The molecule has 0 aliphatic rings. The Morgan fingerprint density at radius 1 is 1.12 bits per heavy atom. The van der Waals surface area contributed by atoms with E-state index in [2.05, 4.69) is 5.32 Å². The second-order valence-corrected chi connectivity index (χ2v) is 5.98. The van der Waals surface area contributed by atoms with Crippen molar-refractivity contribution in [3.05, 3.63) is 59.4 Å². The summed E-state index contributed by atoms with van der Waals surface area (Å²) in [5, 5.41) is 4.15. The van der Waals surface area contributed by atoms with Crippen LogP contribution in [0.1, 0.15) is 31.9 Å². The van der Waals surface area contributed by atoms with Crippen LogP contribution in [0.2, 0.25) is 0 Å². The van der Waals surface area contributed by atoms with Gasteiger partial charge in [-0.3, -0.25) is 4.79 Å². The van der Waals surface area contributed by atoms with Gasteiger partial charge in [0.1, 0.15) is 11.8 Å². The minimum atomic E-state index is -1.61. The van der Waals surface area contributed by atoms with Crippen molar-refractivity contribution in [2.24, 2.45) is 0 Å². The maximum Gasteiger partial charge on any atom is 0.282 e. The molecule has 0 saturated heterocycles. The Balaban J connectivity index is 2.06. The molecular weight excluding hydrogens is 345 g/mol. The first-order valence-corrected chi connectivity index (χ1v) is 8.30. The summed E-state index contributed by atoms with van der Waals surface area (Å²) in [4.78, 5) is 12.3. The lowest BCUT2D eigenvalue weighted by atomic mass is 10.0. The van der Waals surface area contributed by atoms with E-state index in [-0.39, 0.29) is 11.7 Å². The maximum atomic E-state index is 13.7. The summed E-state index contributed by atoms with van der Waals surface area (Å²) in [5.41, 5.74) is 0.638. The van der Waals surface area contributed by atoms with E-state index in [1.165, 1.54) is 0 Å². The van der Waals surface area contributed by atoms with Gasteiger partial charge in [-0.25, -0.2) is 13.2 Å². The SMILES string of the molecule is CC[C@@H]([NH2+][C@H](C)C(=O)Nc1ccc(F)c(F)c1F)c1ccc(OC)cc1. The highest BCUT2D eigenvalue weighted by atomic mass is 19.2. The van der Waals surface area contributed by atoms with Crippen LogP contribution >= 0.6 is 0 Å². The molecule has 0 aromatic heterocycles. The second-order valence-electron chi connectivity index (χ2n) is 5.98. The number of hydrogen-bond acceptors (Lipinski definition) is 2. The van der Waals surface area contributed by atoms with Crippen LogP contribution in [-0.2, 0) is 4.79 Å². The van der Waals surface area contributed by atoms with Crippen molar-refractivity contribution in [1.29, 1.82) is 0 Å². The van der Waals surface area contributed by atoms with Crippen molar-refractivity contribution in [3.8, 4) is 5.75 Å². The van der Waals surface area contributed by atoms with E-state index in [0.29, 0.717) is 0 Å². The summed E-state index contributed by atoms with van der Waals surface area (Å²) in [5.74, 6) is -4.08. The van der Waals surface area contributed by atoms with Gasteiger partial charge in [-0.1, -0.05) is 6.92 Å². The summed E-state index contributed by atoms with van der Waals surface area (Å²) < 4.78 is 45.1. The van der Waals surface area contributed by atoms with Gasteiger partial charge in [-0.05, 0) is 43.3 Å². The highest BCUT2D eigenvalue weighted by Crippen LogP contribution is 2.20. The highest BCUT2D eigenvalue weighted by molar-refractivity contribution is 5.93. The Labute approximate surface area is 150 Å². The molecule has 2 rings (SSSR count). The molecule has 140 valence electrons. The van der Waals surface area contributed by atoms with Gasteiger partial charge in [-0.2, -0.15) is 0 Å². The molecule has 2 aromatic rings. The molecule has 0 saturated carbocycles. The van der Waals surface area contributed by atoms with Crippen molar-refractivity contribution in [2.45, 2.75) is 32.4 Å². The standard InChI is InChI=1S/C19H21F3N2O2/c1-4-15(12-5-7-13(26-3)8-6-12)23-11(2)19(25)24-16-10-9-14(20)17(21)18(16)22/h5-11,15,23H,4H2,1-3H3,(H,24,25)/p+1/t11-,15-/m1/s1. The zero-order chi connectivity index (χ0) is 19.3. The molecule has 1 amide bonds. The van der Waals surface area contributed by atoms with Gasteiger partial charge in [0, 0.05) is 12.0 Å². The van der Waals surface area contributed by atoms with Crippen LogP contribution < -0.4 is 15.4 Å². The van der Waals surface area contributed by atoms with Crippen LogP contribution in [0.3, 0.4) is 0 Å². The first kappa shape index (κ1) is 19.8. The van der Waals surface area contributed by atoms with Gasteiger partial charge in [-0.15, -0.1) is 0 Å². The number of ether oxygens (including phenoxy) is 1. The lowest BCUT2D eigenvalue weighted by Crippen LogP contribution is -2.92. The summed E-state index contributed by atoms with van der Waals surface area (Å²) in [6, 6.07) is 8.74. The molecule has 2 atom stereocenters. The average molecular weight is 367 g/mol. The number of anilines is 1. The Morgan fingerprint density at radius 2 is 1.77 bits per heavy atom. The number of methoxy groups -OCH3 is 1. The Hall–Kier alpha value is -2.54. The molecule has 4 nitrogen and oxygen atoms in total. The van der Waals surface area contributed by atoms with Crippen LogP contribution in [0.25, 0.3) is 0 Å². The smallest absolute Gasteiger partial charge is 0.282 e. The van der Waals surface area contributed by atoms with Crippen LogP contribution in [-0.4, -0.2) is 19.1 Å². The topological polar surface area (TPSA) is 54.9 Å². The lowest BCUT2D eigenvalue weighted by Gasteiger charge is -2.19. The summed E-state index contributed by atoms with van der Waals surface area (Å²) >= 11 is 0. The number of nitrogens with one attached hydrogen (secondary N) is 1. The molecule has 7 heteroatoms. The largest absolute Gasteiger partial charge is 0.497 e. The molecule has 0 unspecified atom stereocenters. The lowest BCUT2D eigenvalue weighted by molar-refractivity contribution is -0.713. The van der Waals surface area contributed by atoms with Gasteiger partial charge >= 0.3 is 0 Å². The third kappa shape index (κ3) is 4.54. The summed E-state index contributed by atoms with van der Waals surface area (Å²) in [6.45, 7) is 3.66. The number of nitrogens with two attached hydrogens (primary N) is 1. The fraction of sp³-hybridized carbons (Fsp3) is 0.316. The normalized spacial score (nSPS) is 13.2. The molecule has 3 N–H and O–H groups in total. The highest BCUT2D eigenvalue weighted by Gasteiger charge is 2.24. The molecule has 0 bridgehead atoms. The van der Waals surface area contributed by atoms with Crippen LogP contribution in [0.5, 0.6) is 5.75 Å². The number of rotatable bonds is 7. The number of halogens is 3. The second kappa shape index (κ2) is 8.71.